The molecule has 0 aliphatic carbocycles. The molecule has 0 saturated heterocycles. The van der Waals surface area contributed by atoms with Crippen LogP contribution in [-0.2, 0) is 12.8 Å². The number of fused-ring (bicyclic) bond motifs is 2. The summed E-state index contributed by atoms with van der Waals surface area (Å²) in [7, 11) is 0. The van der Waals surface area contributed by atoms with E-state index in [1.165, 1.54) is 6.07 Å². The summed E-state index contributed by atoms with van der Waals surface area (Å²) in [5, 5.41) is 11.3. The van der Waals surface area contributed by atoms with Crippen LogP contribution in [-0.4, -0.2) is 10.7 Å². The molecule has 4 nitrogen and oxygen atoms in total. The van der Waals surface area contributed by atoms with Crippen molar-refractivity contribution in [2.45, 2.75) is 52.1 Å². The quantitative estimate of drug-likeness (QED) is 0.858. The lowest BCUT2D eigenvalue weighted by molar-refractivity contribution is 0.0839. The molecular formula is C17H20O4. The second kappa shape index (κ2) is 4.79. The molecule has 1 aromatic heterocycles. The number of hydrogen-bond acceptors (Lipinski definition) is 4. The van der Waals surface area contributed by atoms with Crippen molar-refractivity contribution in [3.05, 3.63) is 33.7 Å². The standard InChI is InChI=1S/C17H20O4/c1-4-5-10-8-14(18)20-13-9-12-11(16(19)15(10)13)6-7-17(2,3)21-12/h8-9,19H,4-7H2,1-3H3. The minimum absolute atomic E-state index is 0.199. The first-order valence-corrected chi connectivity index (χ1v) is 7.42. The van der Waals surface area contributed by atoms with Gasteiger partial charge < -0.3 is 14.3 Å². The van der Waals surface area contributed by atoms with Crippen molar-refractivity contribution >= 4 is 11.0 Å². The second-order valence-electron chi connectivity index (χ2n) is 6.28. The summed E-state index contributed by atoms with van der Waals surface area (Å²) < 4.78 is 11.2. The molecule has 3 rings (SSSR count). The first-order chi connectivity index (χ1) is 9.91. The summed E-state index contributed by atoms with van der Waals surface area (Å²) in [4.78, 5) is 11.7. The Morgan fingerprint density at radius 2 is 2.10 bits per heavy atom. The lowest BCUT2D eigenvalue weighted by Crippen LogP contribution is -2.32. The molecule has 0 spiro atoms. The SMILES string of the molecule is CCCc1cc(=O)oc2cc3c(c(O)c12)CCC(C)(C)O3. The van der Waals surface area contributed by atoms with E-state index in [-0.39, 0.29) is 17.0 Å². The monoisotopic (exact) mass is 288 g/mol. The van der Waals surface area contributed by atoms with E-state index in [2.05, 4.69) is 0 Å². The van der Waals surface area contributed by atoms with Gasteiger partial charge in [-0.2, -0.15) is 0 Å². The van der Waals surface area contributed by atoms with Crippen molar-refractivity contribution in [3.8, 4) is 11.5 Å². The van der Waals surface area contributed by atoms with E-state index in [1.807, 2.05) is 20.8 Å². The van der Waals surface area contributed by atoms with Crippen LogP contribution in [0.5, 0.6) is 11.5 Å². The zero-order valence-corrected chi connectivity index (χ0v) is 12.7. The van der Waals surface area contributed by atoms with Crippen LogP contribution in [0.15, 0.2) is 21.3 Å². The lowest BCUT2D eigenvalue weighted by atomic mass is 9.91. The average molecular weight is 288 g/mol. The first-order valence-electron chi connectivity index (χ1n) is 7.42. The van der Waals surface area contributed by atoms with Gasteiger partial charge in [0.1, 0.15) is 22.7 Å². The van der Waals surface area contributed by atoms with Gasteiger partial charge in [-0.3, -0.25) is 0 Å². The molecule has 1 N–H and O–H groups in total. The maximum Gasteiger partial charge on any atom is 0.336 e. The minimum atomic E-state index is -0.389. The Morgan fingerprint density at radius 3 is 2.81 bits per heavy atom. The van der Waals surface area contributed by atoms with Crippen LogP contribution in [0.1, 0.15) is 44.7 Å². The Kier molecular flexibility index (Phi) is 3.19. The van der Waals surface area contributed by atoms with Crippen LogP contribution in [0.25, 0.3) is 11.0 Å². The highest BCUT2D eigenvalue weighted by molar-refractivity contribution is 5.90. The number of aryl methyl sites for hydroxylation is 1. The molecule has 0 amide bonds. The van der Waals surface area contributed by atoms with Crippen molar-refractivity contribution in [1.82, 2.24) is 0 Å². The largest absolute Gasteiger partial charge is 0.507 e. The summed E-state index contributed by atoms with van der Waals surface area (Å²) in [6, 6.07) is 3.22. The van der Waals surface area contributed by atoms with Crippen molar-refractivity contribution < 1.29 is 14.3 Å². The van der Waals surface area contributed by atoms with Gasteiger partial charge in [-0.25, -0.2) is 4.79 Å². The van der Waals surface area contributed by atoms with Crippen LogP contribution in [0, 0.1) is 0 Å². The van der Waals surface area contributed by atoms with E-state index in [4.69, 9.17) is 9.15 Å². The van der Waals surface area contributed by atoms with Crippen LogP contribution < -0.4 is 10.4 Å². The van der Waals surface area contributed by atoms with Crippen LogP contribution in [0.2, 0.25) is 0 Å². The Hall–Kier alpha value is -1.97. The third kappa shape index (κ3) is 2.39. The third-order valence-corrected chi connectivity index (χ3v) is 4.04. The summed E-state index contributed by atoms with van der Waals surface area (Å²) >= 11 is 0. The molecule has 0 fully saturated rings. The van der Waals surface area contributed by atoms with Gasteiger partial charge in [0.25, 0.3) is 0 Å². The fourth-order valence-corrected chi connectivity index (χ4v) is 2.98. The zero-order chi connectivity index (χ0) is 15.2. The minimum Gasteiger partial charge on any atom is -0.507 e. The molecule has 4 heteroatoms. The molecule has 1 aromatic carbocycles. The van der Waals surface area contributed by atoms with Crippen molar-refractivity contribution in [1.29, 1.82) is 0 Å². The second-order valence-corrected chi connectivity index (χ2v) is 6.28. The van der Waals surface area contributed by atoms with Crippen LogP contribution in [0.3, 0.4) is 0 Å². The molecule has 0 atom stereocenters. The van der Waals surface area contributed by atoms with Gasteiger partial charge in [0.05, 0.1) is 5.39 Å². The maximum absolute atomic E-state index is 11.7. The van der Waals surface area contributed by atoms with E-state index in [1.54, 1.807) is 6.07 Å². The summed E-state index contributed by atoms with van der Waals surface area (Å²) in [6.07, 6.45) is 3.24. The average Bonchev–Trinajstić information content (AvgIpc) is 2.36. The first kappa shape index (κ1) is 14.0. The highest BCUT2D eigenvalue weighted by Gasteiger charge is 2.30. The number of rotatable bonds is 2. The summed E-state index contributed by atoms with van der Waals surface area (Å²) in [5.74, 6) is 0.818. The molecule has 0 radical (unpaired) electrons. The van der Waals surface area contributed by atoms with Crippen LogP contribution in [0.4, 0.5) is 0 Å². The molecule has 1 aliphatic heterocycles. The Morgan fingerprint density at radius 1 is 1.33 bits per heavy atom. The molecule has 0 saturated carbocycles. The fourth-order valence-electron chi connectivity index (χ4n) is 2.98. The van der Waals surface area contributed by atoms with Gasteiger partial charge in [-0.15, -0.1) is 0 Å². The third-order valence-electron chi connectivity index (χ3n) is 4.04. The highest BCUT2D eigenvalue weighted by atomic mass is 16.5. The lowest BCUT2D eigenvalue weighted by Gasteiger charge is -2.33. The Balaban J connectivity index is 2.29. The Bertz CT molecular complexity index is 755. The van der Waals surface area contributed by atoms with Crippen molar-refractivity contribution in [2.75, 3.05) is 0 Å². The molecule has 112 valence electrons. The van der Waals surface area contributed by atoms with E-state index in [9.17, 15) is 9.90 Å². The predicted octanol–water partition coefficient (Wildman–Crippen LogP) is 3.55. The molecule has 2 aromatic rings. The topological polar surface area (TPSA) is 59.7 Å². The molecule has 2 heterocycles. The molecular weight excluding hydrogens is 268 g/mol. The number of benzene rings is 1. The smallest absolute Gasteiger partial charge is 0.336 e. The zero-order valence-electron chi connectivity index (χ0n) is 12.7. The van der Waals surface area contributed by atoms with E-state index >= 15 is 0 Å². The van der Waals surface area contributed by atoms with Gasteiger partial charge in [0.2, 0.25) is 0 Å². The number of phenols is 1. The molecule has 0 bridgehead atoms. The van der Waals surface area contributed by atoms with Gasteiger partial charge in [-0.05, 0) is 38.7 Å². The molecule has 21 heavy (non-hydrogen) atoms. The van der Waals surface area contributed by atoms with Crippen molar-refractivity contribution in [3.63, 3.8) is 0 Å². The summed E-state index contributed by atoms with van der Waals surface area (Å²) in [5.41, 5.74) is 1.40. The number of phenolic OH excluding ortho intramolecular Hbond substituents is 1. The maximum atomic E-state index is 11.7. The molecule has 1 aliphatic rings. The normalized spacial score (nSPS) is 16.5. The summed E-state index contributed by atoms with van der Waals surface area (Å²) in [6.45, 7) is 6.07. The number of hydrogen-bond donors (Lipinski definition) is 1. The number of ether oxygens (including phenoxy) is 1. The van der Waals surface area contributed by atoms with E-state index in [0.29, 0.717) is 16.7 Å². The van der Waals surface area contributed by atoms with Crippen LogP contribution >= 0.6 is 0 Å². The molecule has 0 unspecified atom stereocenters. The van der Waals surface area contributed by atoms with Gasteiger partial charge in [0.15, 0.2) is 0 Å². The predicted molar refractivity (Wildman–Crippen MR) is 81.2 cm³/mol. The van der Waals surface area contributed by atoms with E-state index < -0.39 is 0 Å². The van der Waals surface area contributed by atoms with E-state index in [0.717, 1.165) is 36.8 Å². The van der Waals surface area contributed by atoms with Gasteiger partial charge in [-0.1, -0.05) is 13.3 Å². The fraction of sp³-hybridized carbons (Fsp3) is 0.471. The Labute approximate surface area is 123 Å². The van der Waals surface area contributed by atoms with Gasteiger partial charge in [0, 0.05) is 17.7 Å². The number of aromatic hydroxyl groups is 1. The van der Waals surface area contributed by atoms with Gasteiger partial charge >= 0.3 is 5.63 Å². The highest BCUT2D eigenvalue weighted by Crippen LogP contribution is 2.43. The van der Waals surface area contributed by atoms with Crippen molar-refractivity contribution in [2.24, 2.45) is 0 Å².